The maximum atomic E-state index is 12.0. The Bertz CT molecular complexity index is 548. The van der Waals surface area contributed by atoms with E-state index >= 15 is 0 Å². The van der Waals surface area contributed by atoms with Crippen molar-refractivity contribution in [3.63, 3.8) is 0 Å². The third-order valence-corrected chi connectivity index (χ3v) is 3.25. The summed E-state index contributed by atoms with van der Waals surface area (Å²) in [5.41, 5.74) is 2.09. The fraction of sp³-hybridized carbons (Fsp3) is 0.400. The number of methoxy groups -OCH3 is 1. The normalized spacial score (nSPS) is 12.5. The molecule has 0 aliphatic heterocycles. The smallest absolute Gasteiger partial charge is 0.224 e. The Labute approximate surface area is 113 Å². The molecule has 1 amide bonds. The first-order valence-corrected chi connectivity index (χ1v) is 6.58. The van der Waals surface area contributed by atoms with E-state index in [0.717, 1.165) is 22.9 Å². The molecule has 0 fully saturated rings. The first-order valence-electron chi connectivity index (χ1n) is 6.58. The van der Waals surface area contributed by atoms with Gasteiger partial charge in [-0.1, -0.05) is 25.1 Å². The van der Waals surface area contributed by atoms with Crippen LogP contribution in [-0.4, -0.2) is 30.6 Å². The van der Waals surface area contributed by atoms with Gasteiger partial charge < -0.3 is 15.0 Å². The number of H-pyrrole nitrogens is 1. The Morgan fingerprint density at radius 3 is 2.95 bits per heavy atom. The second-order valence-electron chi connectivity index (χ2n) is 4.66. The molecule has 2 rings (SSSR count). The average Bonchev–Trinajstić information content (AvgIpc) is 2.82. The minimum atomic E-state index is 0.0358. The number of rotatable bonds is 6. The number of carbonyl (C=O) groups is 1. The maximum absolute atomic E-state index is 12.0. The van der Waals surface area contributed by atoms with Crippen LogP contribution in [0.5, 0.6) is 0 Å². The average molecular weight is 260 g/mol. The predicted octanol–water partition coefficient (Wildman–Crippen LogP) is 2.25. The molecule has 4 nitrogen and oxygen atoms in total. The molecule has 1 aromatic heterocycles. The van der Waals surface area contributed by atoms with Gasteiger partial charge in [-0.2, -0.15) is 0 Å². The number of aromatic nitrogens is 1. The minimum Gasteiger partial charge on any atom is -0.383 e. The van der Waals surface area contributed by atoms with Crippen molar-refractivity contribution in [3.05, 3.63) is 36.0 Å². The van der Waals surface area contributed by atoms with Crippen molar-refractivity contribution in [1.29, 1.82) is 0 Å². The topological polar surface area (TPSA) is 54.1 Å². The monoisotopic (exact) mass is 260 g/mol. The number of ether oxygens (including phenoxy) is 1. The number of carbonyl (C=O) groups excluding carboxylic acids is 1. The molecule has 4 heteroatoms. The zero-order valence-corrected chi connectivity index (χ0v) is 11.4. The van der Waals surface area contributed by atoms with E-state index in [0.29, 0.717) is 13.0 Å². The molecule has 1 heterocycles. The van der Waals surface area contributed by atoms with Gasteiger partial charge in [-0.15, -0.1) is 0 Å². The molecule has 19 heavy (non-hydrogen) atoms. The number of aromatic amines is 1. The van der Waals surface area contributed by atoms with Crippen molar-refractivity contribution in [2.45, 2.75) is 25.8 Å². The maximum Gasteiger partial charge on any atom is 0.224 e. The fourth-order valence-electron chi connectivity index (χ4n) is 2.19. The van der Waals surface area contributed by atoms with Gasteiger partial charge in [0, 0.05) is 24.2 Å². The minimum absolute atomic E-state index is 0.0358. The third kappa shape index (κ3) is 3.35. The molecule has 1 aromatic carbocycles. The van der Waals surface area contributed by atoms with Crippen LogP contribution in [0, 0.1) is 0 Å². The van der Waals surface area contributed by atoms with Crippen molar-refractivity contribution >= 4 is 16.8 Å². The van der Waals surface area contributed by atoms with E-state index in [1.165, 1.54) is 0 Å². The summed E-state index contributed by atoms with van der Waals surface area (Å²) in [5, 5.41) is 4.10. The highest BCUT2D eigenvalue weighted by atomic mass is 16.5. The number of benzene rings is 1. The number of hydrogen-bond acceptors (Lipinski definition) is 2. The highest BCUT2D eigenvalue weighted by molar-refractivity contribution is 5.88. The molecule has 1 atom stereocenters. The van der Waals surface area contributed by atoms with Crippen LogP contribution >= 0.6 is 0 Å². The highest BCUT2D eigenvalue weighted by Crippen LogP contribution is 2.17. The van der Waals surface area contributed by atoms with Crippen LogP contribution < -0.4 is 5.32 Å². The molecule has 0 aliphatic carbocycles. The van der Waals surface area contributed by atoms with Crippen LogP contribution in [0.15, 0.2) is 30.5 Å². The summed E-state index contributed by atoms with van der Waals surface area (Å²) in [5.74, 6) is 0.0358. The lowest BCUT2D eigenvalue weighted by Crippen LogP contribution is -2.38. The summed E-state index contributed by atoms with van der Waals surface area (Å²) in [7, 11) is 1.65. The Balaban J connectivity index is 2.02. The van der Waals surface area contributed by atoms with Gasteiger partial charge >= 0.3 is 0 Å². The lowest BCUT2D eigenvalue weighted by Gasteiger charge is -2.15. The zero-order valence-electron chi connectivity index (χ0n) is 11.4. The molecule has 0 bridgehead atoms. The van der Waals surface area contributed by atoms with Crippen molar-refractivity contribution in [2.24, 2.45) is 0 Å². The molecule has 2 N–H and O–H groups in total. The summed E-state index contributed by atoms with van der Waals surface area (Å²) in [6.45, 7) is 2.59. The van der Waals surface area contributed by atoms with Crippen molar-refractivity contribution in [2.75, 3.05) is 13.7 Å². The third-order valence-electron chi connectivity index (χ3n) is 3.25. The molecule has 0 aliphatic rings. The van der Waals surface area contributed by atoms with Gasteiger partial charge in [0.25, 0.3) is 0 Å². The van der Waals surface area contributed by atoms with Crippen molar-refractivity contribution in [3.8, 4) is 0 Å². The quantitative estimate of drug-likeness (QED) is 0.837. The number of para-hydroxylation sites is 1. The largest absolute Gasteiger partial charge is 0.383 e. The van der Waals surface area contributed by atoms with E-state index < -0.39 is 0 Å². The molecule has 0 saturated heterocycles. The van der Waals surface area contributed by atoms with Crippen molar-refractivity contribution < 1.29 is 9.53 Å². The van der Waals surface area contributed by atoms with Crippen LogP contribution in [0.25, 0.3) is 10.9 Å². The first kappa shape index (κ1) is 13.6. The number of amides is 1. The standard InChI is InChI=1S/C15H20N2O2/c1-3-12(10-19-2)17-15(18)8-11-9-16-14-7-5-4-6-13(11)14/h4-7,9,12,16H,3,8,10H2,1-2H3,(H,17,18)/t12-/m0/s1. The molecule has 0 radical (unpaired) electrons. The highest BCUT2D eigenvalue weighted by Gasteiger charge is 2.12. The van der Waals surface area contributed by atoms with Gasteiger partial charge in [-0.05, 0) is 18.1 Å². The zero-order chi connectivity index (χ0) is 13.7. The summed E-state index contributed by atoms with van der Waals surface area (Å²) in [4.78, 5) is 15.2. The van der Waals surface area contributed by atoms with Crippen molar-refractivity contribution in [1.82, 2.24) is 10.3 Å². The molecule has 0 spiro atoms. The lowest BCUT2D eigenvalue weighted by atomic mass is 10.1. The number of fused-ring (bicyclic) bond motifs is 1. The van der Waals surface area contributed by atoms with Crippen LogP contribution in [0.1, 0.15) is 18.9 Å². The van der Waals surface area contributed by atoms with Crippen LogP contribution in [-0.2, 0) is 16.0 Å². The molecular formula is C15H20N2O2. The number of nitrogens with one attached hydrogen (secondary N) is 2. The van der Waals surface area contributed by atoms with E-state index in [1.807, 2.05) is 37.4 Å². The Hall–Kier alpha value is -1.81. The van der Waals surface area contributed by atoms with E-state index in [1.54, 1.807) is 7.11 Å². The Morgan fingerprint density at radius 1 is 1.42 bits per heavy atom. The summed E-state index contributed by atoms with van der Waals surface area (Å²) >= 11 is 0. The van der Waals surface area contributed by atoms with Gasteiger partial charge in [0.05, 0.1) is 19.1 Å². The van der Waals surface area contributed by atoms with Gasteiger partial charge in [0.2, 0.25) is 5.91 Å². The second kappa shape index (κ2) is 6.38. The summed E-state index contributed by atoms with van der Waals surface area (Å²) < 4.78 is 5.08. The second-order valence-corrected chi connectivity index (χ2v) is 4.66. The van der Waals surface area contributed by atoms with E-state index in [2.05, 4.69) is 10.3 Å². The van der Waals surface area contributed by atoms with Crippen LogP contribution in [0.3, 0.4) is 0 Å². The van der Waals surface area contributed by atoms with E-state index in [9.17, 15) is 4.79 Å². The SMILES string of the molecule is CC[C@@H](COC)NC(=O)Cc1c[nH]c2ccccc12. The Kier molecular flexibility index (Phi) is 4.58. The molecular weight excluding hydrogens is 240 g/mol. The number of hydrogen-bond donors (Lipinski definition) is 2. The van der Waals surface area contributed by atoms with Crippen LogP contribution in [0.4, 0.5) is 0 Å². The Morgan fingerprint density at radius 2 is 2.21 bits per heavy atom. The molecule has 2 aromatic rings. The first-order chi connectivity index (χ1) is 9.24. The lowest BCUT2D eigenvalue weighted by molar-refractivity contribution is -0.121. The summed E-state index contributed by atoms with van der Waals surface area (Å²) in [6.07, 6.45) is 3.17. The van der Waals surface area contributed by atoms with E-state index in [-0.39, 0.29) is 11.9 Å². The van der Waals surface area contributed by atoms with E-state index in [4.69, 9.17) is 4.74 Å². The van der Waals surface area contributed by atoms with Crippen LogP contribution in [0.2, 0.25) is 0 Å². The predicted molar refractivity (Wildman–Crippen MR) is 76.1 cm³/mol. The van der Waals surface area contributed by atoms with Gasteiger partial charge in [-0.25, -0.2) is 0 Å². The van der Waals surface area contributed by atoms with Gasteiger partial charge in [0.1, 0.15) is 0 Å². The van der Waals surface area contributed by atoms with Gasteiger partial charge in [0.15, 0.2) is 0 Å². The summed E-state index contributed by atoms with van der Waals surface area (Å²) in [6, 6.07) is 8.09. The fourth-order valence-corrected chi connectivity index (χ4v) is 2.19. The molecule has 102 valence electrons. The molecule has 0 unspecified atom stereocenters. The van der Waals surface area contributed by atoms with Gasteiger partial charge in [-0.3, -0.25) is 4.79 Å². The molecule has 0 saturated carbocycles.